The normalized spacial score (nSPS) is 10.3. The highest BCUT2D eigenvalue weighted by molar-refractivity contribution is 6.34. The molecule has 0 aliphatic carbocycles. The van der Waals surface area contributed by atoms with E-state index in [9.17, 15) is 0 Å². The van der Waals surface area contributed by atoms with E-state index in [1.54, 1.807) is 18.2 Å². The predicted molar refractivity (Wildman–Crippen MR) is 81.9 cm³/mol. The molecule has 5 heteroatoms. The molecule has 0 aliphatic heterocycles. The van der Waals surface area contributed by atoms with Gasteiger partial charge in [-0.25, -0.2) is 0 Å². The molecule has 100 valence electrons. The summed E-state index contributed by atoms with van der Waals surface area (Å²) in [5.74, 6) is 0.585. The number of halogens is 3. The van der Waals surface area contributed by atoms with Crippen LogP contribution in [0.1, 0.15) is 0 Å². The first-order valence-corrected chi connectivity index (χ1v) is 6.86. The van der Waals surface area contributed by atoms with E-state index in [2.05, 4.69) is 5.32 Å². The van der Waals surface area contributed by atoms with E-state index in [0.29, 0.717) is 34.0 Å². The Labute approximate surface area is 127 Å². The SMILES string of the molecule is Clc1cccc(NCCOc2cc(Cl)ccc2Cl)c1. The Balaban J connectivity index is 1.82. The summed E-state index contributed by atoms with van der Waals surface area (Å²) in [6.07, 6.45) is 0. The van der Waals surface area contributed by atoms with Crippen molar-refractivity contribution < 1.29 is 4.74 Å². The van der Waals surface area contributed by atoms with Crippen molar-refractivity contribution in [2.75, 3.05) is 18.5 Å². The van der Waals surface area contributed by atoms with Gasteiger partial charge >= 0.3 is 0 Å². The molecule has 0 spiro atoms. The number of hydrogen-bond donors (Lipinski definition) is 1. The zero-order chi connectivity index (χ0) is 13.7. The summed E-state index contributed by atoms with van der Waals surface area (Å²) in [7, 11) is 0. The lowest BCUT2D eigenvalue weighted by atomic mass is 10.3. The van der Waals surface area contributed by atoms with Crippen molar-refractivity contribution >= 4 is 40.5 Å². The molecular weight excluding hydrogens is 305 g/mol. The Morgan fingerprint density at radius 1 is 0.947 bits per heavy atom. The first-order valence-electron chi connectivity index (χ1n) is 5.72. The lowest BCUT2D eigenvalue weighted by Gasteiger charge is -2.10. The Morgan fingerprint density at radius 3 is 2.53 bits per heavy atom. The summed E-state index contributed by atoms with van der Waals surface area (Å²) in [6, 6.07) is 12.6. The van der Waals surface area contributed by atoms with Gasteiger partial charge in [0.1, 0.15) is 12.4 Å². The van der Waals surface area contributed by atoms with Crippen molar-refractivity contribution in [1.82, 2.24) is 0 Å². The van der Waals surface area contributed by atoms with Crippen LogP contribution in [-0.2, 0) is 0 Å². The molecule has 0 saturated heterocycles. The molecular formula is C14H12Cl3NO. The summed E-state index contributed by atoms with van der Waals surface area (Å²) in [5.41, 5.74) is 0.952. The molecule has 2 nitrogen and oxygen atoms in total. The van der Waals surface area contributed by atoms with Gasteiger partial charge in [0.05, 0.1) is 5.02 Å². The van der Waals surface area contributed by atoms with Crippen molar-refractivity contribution in [1.29, 1.82) is 0 Å². The van der Waals surface area contributed by atoms with E-state index >= 15 is 0 Å². The van der Waals surface area contributed by atoms with E-state index in [4.69, 9.17) is 39.5 Å². The van der Waals surface area contributed by atoms with Crippen molar-refractivity contribution in [3.8, 4) is 5.75 Å². The molecule has 0 fully saturated rings. The maximum atomic E-state index is 5.99. The van der Waals surface area contributed by atoms with Crippen LogP contribution in [0.2, 0.25) is 15.1 Å². The summed E-state index contributed by atoms with van der Waals surface area (Å²) in [5, 5.41) is 5.05. The molecule has 0 atom stereocenters. The van der Waals surface area contributed by atoms with Crippen molar-refractivity contribution in [2.45, 2.75) is 0 Å². The Bertz CT molecular complexity index is 560. The minimum Gasteiger partial charge on any atom is -0.490 e. The lowest BCUT2D eigenvalue weighted by molar-refractivity contribution is 0.333. The van der Waals surface area contributed by atoms with Gasteiger partial charge in [-0.3, -0.25) is 0 Å². The van der Waals surface area contributed by atoms with Crippen LogP contribution in [0, 0.1) is 0 Å². The fourth-order valence-electron chi connectivity index (χ4n) is 1.54. The number of anilines is 1. The van der Waals surface area contributed by atoms with Crippen LogP contribution >= 0.6 is 34.8 Å². The molecule has 0 saturated carbocycles. The molecule has 2 aromatic rings. The van der Waals surface area contributed by atoms with Gasteiger partial charge in [-0.05, 0) is 30.3 Å². The topological polar surface area (TPSA) is 21.3 Å². The van der Waals surface area contributed by atoms with Crippen LogP contribution in [-0.4, -0.2) is 13.2 Å². The lowest BCUT2D eigenvalue weighted by Crippen LogP contribution is -2.11. The summed E-state index contributed by atoms with van der Waals surface area (Å²) < 4.78 is 5.56. The van der Waals surface area contributed by atoms with Crippen molar-refractivity contribution in [3.63, 3.8) is 0 Å². The first kappa shape index (κ1) is 14.3. The third-order valence-electron chi connectivity index (χ3n) is 2.41. The standard InChI is InChI=1S/C14H12Cl3NO/c15-10-2-1-3-12(8-10)18-6-7-19-14-9-11(16)4-5-13(14)17/h1-5,8-9,18H,6-7H2. The van der Waals surface area contributed by atoms with Crippen molar-refractivity contribution in [2.24, 2.45) is 0 Å². The average Bonchev–Trinajstić information content (AvgIpc) is 2.39. The second-order valence-electron chi connectivity index (χ2n) is 3.86. The fraction of sp³-hybridized carbons (Fsp3) is 0.143. The summed E-state index contributed by atoms with van der Waals surface area (Å²) >= 11 is 17.8. The van der Waals surface area contributed by atoms with E-state index < -0.39 is 0 Å². The Hall–Kier alpha value is -1.09. The fourth-order valence-corrected chi connectivity index (χ4v) is 2.07. The Kier molecular flexibility index (Phi) is 5.20. The van der Waals surface area contributed by atoms with Crippen LogP contribution in [0.25, 0.3) is 0 Å². The van der Waals surface area contributed by atoms with Gasteiger partial charge in [0.25, 0.3) is 0 Å². The van der Waals surface area contributed by atoms with Crippen LogP contribution in [0.3, 0.4) is 0 Å². The minimum atomic E-state index is 0.479. The van der Waals surface area contributed by atoms with Crippen LogP contribution < -0.4 is 10.1 Å². The first-order chi connectivity index (χ1) is 9.15. The molecule has 0 radical (unpaired) electrons. The molecule has 0 unspecified atom stereocenters. The maximum Gasteiger partial charge on any atom is 0.139 e. The molecule has 0 aliphatic rings. The largest absolute Gasteiger partial charge is 0.490 e. The molecule has 2 aromatic carbocycles. The zero-order valence-electron chi connectivity index (χ0n) is 10.00. The second-order valence-corrected chi connectivity index (χ2v) is 5.14. The van der Waals surface area contributed by atoms with Gasteiger partial charge in [-0.1, -0.05) is 40.9 Å². The summed E-state index contributed by atoms with van der Waals surface area (Å²) in [6.45, 7) is 1.12. The molecule has 0 heterocycles. The molecule has 0 amide bonds. The van der Waals surface area contributed by atoms with Gasteiger partial charge in [0.2, 0.25) is 0 Å². The van der Waals surface area contributed by atoms with Gasteiger partial charge in [-0.15, -0.1) is 0 Å². The molecule has 19 heavy (non-hydrogen) atoms. The van der Waals surface area contributed by atoms with E-state index in [1.807, 2.05) is 24.3 Å². The van der Waals surface area contributed by atoms with Gasteiger partial charge in [-0.2, -0.15) is 0 Å². The number of hydrogen-bond acceptors (Lipinski definition) is 2. The number of ether oxygens (including phenoxy) is 1. The predicted octanol–water partition coefficient (Wildman–Crippen LogP) is 5.14. The maximum absolute atomic E-state index is 5.99. The highest BCUT2D eigenvalue weighted by Gasteiger charge is 2.02. The molecule has 0 aromatic heterocycles. The third kappa shape index (κ3) is 4.50. The number of rotatable bonds is 5. The summed E-state index contributed by atoms with van der Waals surface area (Å²) in [4.78, 5) is 0. The minimum absolute atomic E-state index is 0.479. The quantitative estimate of drug-likeness (QED) is 0.771. The second kappa shape index (κ2) is 6.90. The van der Waals surface area contributed by atoms with Crippen molar-refractivity contribution in [3.05, 3.63) is 57.5 Å². The highest BCUT2D eigenvalue weighted by Crippen LogP contribution is 2.27. The number of nitrogens with one attached hydrogen (secondary N) is 1. The van der Waals surface area contributed by atoms with E-state index in [-0.39, 0.29) is 0 Å². The number of benzene rings is 2. The van der Waals surface area contributed by atoms with E-state index in [1.165, 1.54) is 0 Å². The van der Waals surface area contributed by atoms with Gasteiger partial charge in [0, 0.05) is 28.3 Å². The van der Waals surface area contributed by atoms with Gasteiger partial charge in [0.15, 0.2) is 0 Å². The van der Waals surface area contributed by atoms with E-state index in [0.717, 1.165) is 5.69 Å². The average molecular weight is 317 g/mol. The monoisotopic (exact) mass is 315 g/mol. The van der Waals surface area contributed by atoms with Crippen LogP contribution in [0.15, 0.2) is 42.5 Å². The smallest absolute Gasteiger partial charge is 0.139 e. The van der Waals surface area contributed by atoms with Crippen LogP contribution in [0.4, 0.5) is 5.69 Å². The third-order valence-corrected chi connectivity index (χ3v) is 3.19. The molecule has 1 N–H and O–H groups in total. The zero-order valence-corrected chi connectivity index (χ0v) is 12.3. The molecule has 2 rings (SSSR count). The highest BCUT2D eigenvalue weighted by atomic mass is 35.5. The van der Waals surface area contributed by atoms with Crippen LogP contribution in [0.5, 0.6) is 5.75 Å². The molecule has 0 bridgehead atoms. The Morgan fingerprint density at radius 2 is 1.74 bits per heavy atom. The van der Waals surface area contributed by atoms with Gasteiger partial charge < -0.3 is 10.1 Å².